The van der Waals surface area contributed by atoms with Crippen LogP contribution in [0.2, 0.25) is 0 Å². The van der Waals surface area contributed by atoms with E-state index < -0.39 is 5.97 Å². The molecule has 5 heteroatoms. The summed E-state index contributed by atoms with van der Waals surface area (Å²) in [6.07, 6.45) is 1.16. The van der Waals surface area contributed by atoms with Gasteiger partial charge in [-0.2, -0.15) is 0 Å². The third-order valence-electron chi connectivity index (χ3n) is 2.35. The number of hydrogen-bond donors (Lipinski definition) is 2. The maximum atomic E-state index is 10.3. The van der Waals surface area contributed by atoms with E-state index in [4.69, 9.17) is 17.3 Å². The van der Waals surface area contributed by atoms with Crippen LogP contribution in [0.3, 0.4) is 0 Å². The van der Waals surface area contributed by atoms with Crippen LogP contribution in [0.1, 0.15) is 12.8 Å². The van der Waals surface area contributed by atoms with Crippen LogP contribution in [0.5, 0.6) is 0 Å². The highest BCUT2D eigenvalue weighted by atomic mass is 32.1. The van der Waals surface area contributed by atoms with Gasteiger partial charge < -0.3 is 15.3 Å². The van der Waals surface area contributed by atoms with Crippen LogP contribution < -0.4 is 5.32 Å². The van der Waals surface area contributed by atoms with E-state index >= 15 is 0 Å². The minimum atomic E-state index is -0.751. The zero-order valence-electron chi connectivity index (χ0n) is 8.32. The summed E-state index contributed by atoms with van der Waals surface area (Å²) in [5, 5.41) is 11.8. The molecule has 0 amide bonds. The van der Waals surface area contributed by atoms with E-state index in [1.54, 1.807) is 0 Å². The molecule has 1 saturated heterocycles. The van der Waals surface area contributed by atoms with Crippen molar-refractivity contribution in [2.24, 2.45) is 0 Å². The van der Waals surface area contributed by atoms with Gasteiger partial charge >= 0.3 is 5.97 Å². The van der Waals surface area contributed by atoms with Crippen LogP contribution in [0.25, 0.3) is 0 Å². The van der Waals surface area contributed by atoms with Crippen molar-refractivity contribution in [2.45, 2.75) is 18.9 Å². The first-order valence-electron chi connectivity index (χ1n) is 4.76. The summed E-state index contributed by atoms with van der Waals surface area (Å²) in [6.45, 7) is 2.35. The Hall–Kier alpha value is -0.520. The minimum Gasteiger partial charge on any atom is -0.481 e. The van der Waals surface area contributed by atoms with Gasteiger partial charge in [0.1, 0.15) is 0 Å². The van der Waals surface area contributed by atoms with Crippen LogP contribution in [0, 0.1) is 0 Å². The van der Waals surface area contributed by atoms with Crippen LogP contribution in [-0.4, -0.2) is 53.6 Å². The summed E-state index contributed by atoms with van der Waals surface area (Å²) in [4.78, 5) is 13.4. The van der Waals surface area contributed by atoms with Gasteiger partial charge in [-0.15, -0.1) is 0 Å². The number of rotatable bonds is 5. The zero-order valence-corrected chi connectivity index (χ0v) is 9.14. The lowest BCUT2D eigenvalue weighted by molar-refractivity contribution is -0.137. The number of carboxylic acid groups (broad SMARTS) is 1. The largest absolute Gasteiger partial charge is 0.481 e. The van der Waals surface area contributed by atoms with E-state index in [1.165, 1.54) is 0 Å². The maximum Gasteiger partial charge on any atom is 0.304 e. The fraction of sp³-hybridized carbons (Fsp3) is 0.778. The molecule has 1 unspecified atom stereocenters. The number of carboxylic acids is 1. The van der Waals surface area contributed by atoms with Gasteiger partial charge in [-0.25, -0.2) is 0 Å². The Labute approximate surface area is 89.3 Å². The van der Waals surface area contributed by atoms with Crippen LogP contribution in [-0.2, 0) is 4.79 Å². The summed E-state index contributed by atoms with van der Waals surface area (Å²) in [5.74, 6) is -0.751. The molecule has 0 radical (unpaired) electrons. The van der Waals surface area contributed by atoms with E-state index in [9.17, 15) is 4.79 Å². The molecule has 1 aliphatic rings. The molecule has 0 bridgehead atoms. The number of aliphatic carboxylic acids is 1. The molecule has 4 nitrogen and oxygen atoms in total. The quantitative estimate of drug-likeness (QED) is 0.640. The first-order valence-corrected chi connectivity index (χ1v) is 5.17. The average Bonchev–Trinajstić information content (AvgIpc) is 2.49. The zero-order chi connectivity index (χ0) is 10.6. The van der Waals surface area contributed by atoms with Crippen molar-refractivity contribution in [3.63, 3.8) is 0 Å². The Morgan fingerprint density at radius 2 is 2.50 bits per heavy atom. The van der Waals surface area contributed by atoms with Crippen molar-refractivity contribution >= 4 is 23.1 Å². The number of likely N-dealkylation sites (N-methyl/N-ethyl adjacent to an activating group) is 1. The van der Waals surface area contributed by atoms with Crippen molar-refractivity contribution < 1.29 is 9.90 Å². The highest BCUT2D eigenvalue weighted by Crippen LogP contribution is 2.04. The monoisotopic (exact) mass is 216 g/mol. The first-order chi connectivity index (χ1) is 6.59. The van der Waals surface area contributed by atoms with E-state index in [1.807, 2.05) is 11.9 Å². The van der Waals surface area contributed by atoms with Gasteiger partial charge in [0.2, 0.25) is 0 Å². The number of hydrogen-bond acceptors (Lipinski definition) is 4. The number of nitrogens with zero attached hydrogens (tertiary/aromatic N) is 1. The molecule has 1 aliphatic heterocycles. The van der Waals surface area contributed by atoms with Gasteiger partial charge in [-0.05, 0) is 13.5 Å². The Morgan fingerprint density at radius 1 is 1.79 bits per heavy atom. The third kappa shape index (κ3) is 3.69. The van der Waals surface area contributed by atoms with Crippen molar-refractivity contribution in [1.29, 1.82) is 0 Å². The van der Waals surface area contributed by atoms with E-state index in [2.05, 4.69) is 5.32 Å². The summed E-state index contributed by atoms with van der Waals surface area (Å²) < 4.78 is 0. The molecule has 0 spiro atoms. The topological polar surface area (TPSA) is 52.6 Å². The molecular weight excluding hydrogens is 200 g/mol. The SMILES string of the molecule is CN(CCC(=O)O)CC1NCCC1=S. The van der Waals surface area contributed by atoms with Crippen LogP contribution in [0.4, 0.5) is 0 Å². The molecule has 14 heavy (non-hydrogen) atoms. The lowest BCUT2D eigenvalue weighted by atomic mass is 10.2. The van der Waals surface area contributed by atoms with Gasteiger partial charge in [0.05, 0.1) is 12.5 Å². The van der Waals surface area contributed by atoms with Gasteiger partial charge in [-0.1, -0.05) is 12.2 Å². The van der Waals surface area contributed by atoms with Gasteiger partial charge in [-0.3, -0.25) is 4.79 Å². The fourth-order valence-corrected chi connectivity index (χ4v) is 1.77. The smallest absolute Gasteiger partial charge is 0.304 e. The Morgan fingerprint density at radius 3 is 3.00 bits per heavy atom. The minimum absolute atomic E-state index is 0.190. The third-order valence-corrected chi connectivity index (χ3v) is 2.84. The van der Waals surface area contributed by atoms with E-state index in [0.717, 1.165) is 24.4 Å². The van der Waals surface area contributed by atoms with Crippen LogP contribution in [0.15, 0.2) is 0 Å². The predicted octanol–water partition coefficient (Wildman–Crippen LogP) is 0.125. The molecule has 2 N–H and O–H groups in total. The molecular formula is C9H16N2O2S. The molecule has 1 atom stereocenters. The van der Waals surface area contributed by atoms with E-state index in [0.29, 0.717) is 6.54 Å². The molecule has 1 rings (SSSR count). The Bertz CT molecular complexity index is 233. The van der Waals surface area contributed by atoms with Crippen molar-refractivity contribution in [3.05, 3.63) is 0 Å². The lowest BCUT2D eigenvalue weighted by Crippen LogP contribution is -2.39. The normalized spacial score (nSPS) is 21.9. The number of thiocarbonyl (C=S) groups is 1. The summed E-state index contributed by atoms with van der Waals surface area (Å²) >= 11 is 5.19. The van der Waals surface area contributed by atoms with Crippen molar-refractivity contribution in [1.82, 2.24) is 10.2 Å². The molecule has 0 aliphatic carbocycles. The fourth-order valence-electron chi connectivity index (χ4n) is 1.51. The number of nitrogens with one attached hydrogen (secondary N) is 1. The molecule has 1 heterocycles. The Balaban J connectivity index is 2.22. The average molecular weight is 216 g/mol. The van der Waals surface area contributed by atoms with Gasteiger partial charge in [0.15, 0.2) is 0 Å². The molecule has 0 saturated carbocycles. The predicted molar refractivity (Wildman–Crippen MR) is 58.8 cm³/mol. The molecule has 0 aromatic heterocycles. The molecule has 0 aromatic carbocycles. The van der Waals surface area contributed by atoms with Crippen molar-refractivity contribution in [2.75, 3.05) is 26.7 Å². The number of carbonyl (C=O) groups is 1. The summed E-state index contributed by atoms with van der Waals surface area (Å²) in [5.41, 5.74) is 0. The molecule has 1 fully saturated rings. The first kappa shape index (κ1) is 11.6. The van der Waals surface area contributed by atoms with Gasteiger partial charge in [0.25, 0.3) is 0 Å². The van der Waals surface area contributed by atoms with E-state index in [-0.39, 0.29) is 12.5 Å². The summed E-state index contributed by atoms with van der Waals surface area (Å²) in [6, 6.07) is 0.267. The second-order valence-electron chi connectivity index (χ2n) is 3.63. The molecule has 0 aromatic rings. The summed E-state index contributed by atoms with van der Waals surface area (Å²) in [7, 11) is 1.92. The second-order valence-corrected chi connectivity index (χ2v) is 4.15. The lowest BCUT2D eigenvalue weighted by Gasteiger charge is -2.20. The van der Waals surface area contributed by atoms with Crippen LogP contribution >= 0.6 is 12.2 Å². The maximum absolute atomic E-state index is 10.3. The second kappa shape index (κ2) is 5.38. The highest BCUT2D eigenvalue weighted by Gasteiger charge is 2.21. The highest BCUT2D eigenvalue weighted by molar-refractivity contribution is 7.80. The van der Waals surface area contributed by atoms with Gasteiger partial charge in [0, 0.05) is 24.5 Å². The van der Waals surface area contributed by atoms with Crippen molar-refractivity contribution in [3.8, 4) is 0 Å². The standard InChI is InChI=1S/C9H16N2O2S/c1-11(5-3-9(12)13)6-7-8(14)2-4-10-7/h7,10H,2-6H2,1H3,(H,12,13). The molecule has 80 valence electrons. The Kier molecular flexibility index (Phi) is 4.44.